The van der Waals surface area contributed by atoms with Crippen molar-refractivity contribution >= 4 is 32.8 Å². The van der Waals surface area contributed by atoms with Crippen molar-refractivity contribution in [1.29, 1.82) is 0 Å². The van der Waals surface area contributed by atoms with E-state index in [1.165, 1.54) is 15.5 Å². The molecule has 4 N–H and O–H groups in total. The van der Waals surface area contributed by atoms with Crippen LogP contribution in [0.5, 0.6) is 0 Å². The molecule has 0 saturated carbocycles. The average Bonchev–Trinajstić information content (AvgIpc) is 3.09. The fourth-order valence-electron chi connectivity index (χ4n) is 3.12. The Morgan fingerprint density at radius 3 is 2.55 bits per heavy atom. The van der Waals surface area contributed by atoms with Gasteiger partial charge >= 0.3 is 17.2 Å². The fraction of sp³-hybridized carbons (Fsp3) is 0.615. The second-order valence-corrected chi connectivity index (χ2v) is 9.67. The minimum absolute atomic E-state index is 0.190. The molecule has 3 rings (SSSR count). The van der Waals surface area contributed by atoms with Gasteiger partial charge in [0.15, 0.2) is 6.33 Å². The first-order valence-electron chi connectivity index (χ1n) is 8.64. The highest BCUT2D eigenvalue weighted by atomic mass is 31.3. The van der Waals surface area contributed by atoms with Crippen molar-refractivity contribution in [2.45, 2.75) is 24.5 Å². The van der Waals surface area contributed by atoms with E-state index >= 15 is 0 Å². The predicted molar refractivity (Wildman–Crippen MR) is 92.8 cm³/mol. The maximum Gasteiger partial charge on any atom is 0.445 e. The zero-order valence-corrected chi connectivity index (χ0v) is 18.2. The Balaban J connectivity index is 1.88. The summed E-state index contributed by atoms with van der Waals surface area (Å²) in [5, 5.41) is 20.6. The van der Waals surface area contributed by atoms with E-state index in [-0.39, 0.29) is 11.2 Å². The summed E-state index contributed by atoms with van der Waals surface area (Å²) in [7, 11) is -6.52. The van der Waals surface area contributed by atoms with Crippen LogP contribution in [-0.2, 0) is 29.7 Å². The molecule has 174 valence electrons. The standard InChI is InChI=1S/C13H21N5O11P2/c1-16(2)13-14-10-7(11(21)15-13)17(3)5-18(10)12-9(20)8(19)6(28-12)4-27-31(25,26)29-30(22,23)24/h5-6,8-9,12,19-20H,4H2,1-3H3,(H3-,14,15,21,22,23,24,25,26)/p-1/t6-,8-,9-,12-/m1/s1. The number of aliphatic hydroxyl groups is 2. The largest absolute Gasteiger partial charge is 0.790 e. The van der Waals surface area contributed by atoms with E-state index in [2.05, 4.69) is 18.8 Å². The quantitative estimate of drug-likeness (QED) is 0.248. The van der Waals surface area contributed by atoms with Crippen LogP contribution in [0.15, 0.2) is 11.1 Å². The van der Waals surface area contributed by atoms with Crippen LogP contribution < -0.4 is 34.7 Å². The number of H-pyrrole nitrogens is 2. The Kier molecular flexibility index (Phi) is 6.43. The molecule has 0 aliphatic carbocycles. The number of rotatable bonds is 7. The maximum atomic E-state index is 12.4. The molecule has 0 radical (unpaired) electrons. The molecule has 31 heavy (non-hydrogen) atoms. The third kappa shape index (κ3) is 5.04. The second-order valence-electron chi connectivity index (χ2n) is 6.97. The third-order valence-corrected chi connectivity index (χ3v) is 6.54. The van der Waals surface area contributed by atoms with Gasteiger partial charge in [0.2, 0.25) is 11.7 Å². The van der Waals surface area contributed by atoms with Gasteiger partial charge in [-0.15, -0.1) is 0 Å². The molecule has 3 heterocycles. The topological polar surface area (TPSA) is 231 Å². The molecule has 5 atom stereocenters. The lowest BCUT2D eigenvalue weighted by Gasteiger charge is -2.35. The van der Waals surface area contributed by atoms with E-state index in [1.54, 1.807) is 26.0 Å². The Hall–Kier alpha value is -1.71. The molecule has 0 aromatic carbocycles. The highest BCUT2D eigenvalue weighted by molar-refractivity contribution is 7.58. The highest BCUT2D eigenvalue weighted by Gasteiger charge is 2.48. The van der Waals surface area contributed by atoms with Gasteiger partial charge in [0.25, 0.3) is 7.82 Å². The molecular formula is C13H20N5O11P2-. The SMILES string of the molecule is CN(C)c1[nH]c(=O)c2c([nH+]1)[n+]([C@@H]1O[C@H](COP(=O)([O-])OP(=O)([O-])[O-])[C@@H](O)[C@H]1O)cn2C. The van der Waals surface area contributed by atoms with Crippen LogP contribution in [0.3, 0.4) is 0 Å². The number of phosphoric ester groups is 1. The number of hydrogen-bond acceptors (Lipinski definition) is 12. The summed E-state index contributed by atoms with van der Waals surface area (Å²) < 4.78 is 37.8. The molecule has 1 fully saturated rings. The van der Waals surface area contributed by atoms with Crippen molar-refractivity contribution in [2.24, 2.45) is 7.05 Å². The van der Waals surface area contributed by atoms with E-state index in [4.69, 9.17) is 4.74 Å². The zero-order chi connectivity index (χ0) is 23.3. The number of nitrogens with one attached hydrogen (secondary N) is 2. The minimum Gasteiger partial charge on any atom is -0.790 e. The van der Waals surface area contributed by atoms with E-state index < -0.39 is 52.4 Å². The van der Waals surface area contributed by atoms with Crippen molar-refractivity contribution in [3.05, 3.63) is 16.7 Å². The van der Waals surface area contributed by atoms with E-state index in [0.717, 1.165) is 0 Å². The number of hydrogen-bond donors (Lipinski definition) is 3. The molecule has 1 aliphatic rings. The molecule has 2 aromatic rings. The van der Waals surface area contributed by atoms with Gasteiger partial charge in [-0.25, -0.2) is 9.69 Å². The summed E-state index contributed by atoms with van der Waals surface area (Å²) in [5.41, 5.74) is -0.0327. The van der Waals surface area contributed by atoms with Crippen LogP contribution in [0.1, 0.15) is 6.23 Å². The first-order chi connectivity index (χ1) is 14.2. The highest BCUT2D eigenvalue weighted by Crippen LogP contribution is 2.50. The number of aromatic amines is 2. The van der Waals surface area contributed by atoms with Crippen LogP contribution in [0.2, 0.25) is 0 Å². The molecule has 1 unspecified atom stereocenters. The number of anilines is 1. The lowest BCUT2D eigenvalue weighted by molar-refractivity contribution is -0.767. The van der Waals surface area contributed by atoms with Crippen molar-refractivity contribution in [3.63, 3.8) is 0 Å². The summed E-state index contributed by atoms with van der Waals surface area (Å²) in [4.78, 5) is 51.9. The molecule has 1 saturated heterocycles. The van der Waals surface area contributed by atoms with Gasteiger partial charge in [-0.3, -0.25) is 8.88 Å². The van der Waals surface area contributed by atoms with Gasteiger partial charge in [0.1, 0.15) is 18.3 Å². The third-order valence-electron chi connectivity index (χ3n) is 4.47. The molecule has 0 bridgehead atoms. The van der Waals surface area contributed by atoms with Gasteiger partial charge in [0, 0.05) is 7.05 Å². The first kappa shape index (κ1) is 23.9. The Morgan fingerprint density at radius 2 is 1.97 bits per heavy atom. The van der Waals surface area contributed by atoms with Gasteiger partial charge in [0.05, 0.1) is 28.5 Å². The molecule has 18 heteroatoms. The summed E-state index contributed by atoms with van der Waals surface area (Å²) in [6, 6.07) is 0. The van der Waals surface area contributed by atoms with Gasteiger partial charge in [-0.2, -0.15) is 14.5 Å². The van der Waals surface area contributed by atoms with Crippen LogP contribution in [-0.4, -0.2) is 58.8 Å². The van der Waals surface area contributed by atoms with Crippen LogP contribution in [0.25, 0.3) is 11.2 Å². The first-order valence-corrected chi connectivity index (χ1v) is 11.6. The fourth-order valence-corrected chi connectivity index (χ4v) is 4.61. The van der Waals surface area contributed by atoms with E-state index in [9.17, 15) is 38.8 Å². The number of phosphoric acid groups is 2. The number of fused-ring (bicyclic) bond motifs is 1. The molecule has 2 aromatic heterocycles. The normalized spacial score (nSPS) is 26.3. The average molecular weight is 484 g/mol. The minimum atomic E-state index is -5.88. The predicted octanol–water partition coefficient (Wildman–Crippen LogP) is -5.02. The smallest absolute Gasteiger partial charge is 0.445 e. The van der Waals surface area contributed by atoms with E-state index in [1.807, 2.05) is 0 Å². The molecular weight excluding hydrogens is 464 g/mol. The Bertz CT molecular complexity index is 1130. The van der Waals surface area contributed by atoms with Crippen molar-refractivity contribution in [2.75, 3.05) is 25.6 Å². The van der Waals surface area contributed by atoms with Crippen LogP contribution >= 0.6 is 15.6 Å². The van der Waals surface area contributed by atoms with Crippen molar-refractivity contribution in [1.82, 2.24) is 9.55 Å². The number of nitrogens with zero attached hydrogens (tertiary/aromatic N) is 3. The summed E-state index contributed by atoms with van der Waals surface area (Å²) in [6.45, 7) is -0.950. The molecule has 1 aliphatic heterocycles. The van der Waals surface area contributed by atoms with E-state index in [0.29, 0.717) is 5.95 Å². The number of aromatic nitrogens is 4. The monoisotopic (exact) mass is 484 g/mol. The Morgan fingerprint density at radius 1 is 1.32 bits per heavy atom. The van der Waals surface area contributed by atoms with Crippen LogP contribution in [0.4, 0.5) is 5.95 Å². The van der Waals surface area contributed by atoms with Crippen molar-refractivity contribution < 1.29 is 57.1 Å². The number of aliphatic hydroxyl groups excluding tert-OH is 2. The maximum absolute atomic E-state index is 12.4. The lowest BCUT2D eigenvalue weighted by Crippen LogP contribution is -2.48. The molecule has 0 spiro atoms. The lowest BCUT2D eigenvalue weighted by atomic mass is 10.1. The van der Waals surface area contributed by atoms with Gasteiger partial charge in [-0.1, -0.05) is 0 Å². The zero-order valence-electron chi connectivity index (χ0n) is 16.4. The molecule has 16 nitrogen and oxygen atoms in total. The number of aryl methyl sites for hydroxylation is 1. The van der Waals surface area contributed by atoms with Crippen molar-refractivity contribution in [3.8, 4) is 0 Å². The summed E-state index contributed by atoms with van der Waals surface area (Å²) >= 11 is 0. The van der Waals surface area contributed by atoms with Gasteiger partial charge < -0.3 is 43.3 Å². The van der Waals surface area contributed by atoms with Crippen LogP contribution in [0, 0.1) is 0 Å². The molecule has 0 amide bonds. The number of ether oxygens (including phenoxy) is 1. The summed E-state index contributed by atoms with van der Waals surface area (Å²) in [5.74, 6) is 0.328. The van der Waals surface area contributed by atoms with Gasteiger partial charge in [-0.05, 0) is 0 Å². The second kappa shape index (κ2) is 8.33. The number of imidazole rings is 1. The Labute approximate surface area is 174 Å². The summed E-state index contributed by atoms with van der Waals surface area (Å²) in [6.07, 6.45) is -4.56.